The van der Waals surface area contributed by atoms with Gasteiger partial charge in [-0.15, -0.1) is 0 Å². The quantitative estimate of drug-likeness (QED) is 0.746. The van der Waals surface area contributed by atoms with Gasteiger partial charge in [0.2, 0.25) is 5.89 Å². The van der Waals surface area contributed by atoms with Gasteiger partial charge >= 0.3 is 0 Å². The van der Waals surface area contributed by atoms with Crippen LogP contribution in [0.2, 0.25) is 0 Å². The lowest BCUT2D eigenvalue weighted by atomic mass is 10.2. The second kappa shape index (κ2) is 4.23. The molecule has 90 valence electrons. The minimum Gasteiger partial charge on any atom is -0.436 e. The van der Waals surface area contributed by atoms with Crippen LogP contribution in [-0.2, 0) is 6.54 Å². The van der Waals surface area contributed by atoms with Crippen LogP contribution in [0.5, 0.6) is 0 Å². The van der Waals surface area contributed by atoms with Gasteiger partial charge in [-0.1, -0.05) is 6.07 Å². The number of pyridine rings is 1. The summed E-state index contributed by atoms with van der Waals surface area (Å²) in [6.07, 6.45) is 1.72. The molecule has 0 saturated heterocycles. The van der Waals surface area contributed by atoms with Crippen LogP contribution in [0.15, 0.2) is 40.9 Å². The van der Waals surface area contributed by atoms with Crippen molar-refractivity contribution in [3.63, 3.8) is 0 Å². The molecular weight excluding hydrogens is 226 g/mol. The molecule has 0 fully saturated rings. The van der Waals surface area contributed by atoms with E-state index in [1.807, 2.05) is 37.3 Å². The van der Waals surface area contributed by atoms with Crippen LogP contribution >= 0.6 is 0 Å². The fourth-order valence-corrected chi connectivity index (χ4v) is 1.88. The molecule has 2 aromatic heterocycles. The van der Waals surface area contributed by atoms with Crippen molar-refractivity contribution in [3.05, 3.63) is 47.8 Å². The first-order chi connectivity index (χ1) is 8.76. The van der Waals surface area contributed by atoms with Crippen molar-refractivity contribution in [2.45, 2.75) is 13.5 Å². The summed E-state index contributed by atoms with van der Waals surface area (Å²) in [5, 5.41) is 0. The summed E-state index contributed by atoms with van der Waals surface area (Å²) in [4.78, 5) is 8.64. The number of hydrogen-bond donors (Lipinski definition) is 1. The van der Waals surface area contributed by atoms with E-state index in [0.717, 1.165) is 22.4 Å². The van der Waals surface area contributed by atoms with E-state index in [0.29, 0.717) is 12.4 Å². The molecule has 4 nitrogen and oxygen atoms in total. The molecule has 0 spiro atoms. The summed E-state index contributed by atoms with van der Waals surface area (Å²) in [5.41, 5.74) is 10.1. The summed E-state index contributed by atoms with van der Waals surface area (Å²) in [7, 11) is 0. The number of nitrogens with zero attached hydrogens (tertiary/aromatic N) is 2. The predicted molar refractivity (Wildman–Crippen MR) is 69.9 cm³/mol. The zero-order valence-electron chi connectivity index (χ0n) is 10.1. The van der Waals surface area contributed by atoms with Gasteiger partial charge in [0.15, 0.2) is 5.58 Å². The molecule has 4 heteroatoms. The molecule has 0 aliphatic heterocycles. The Balaban J connectivity index is 2.13. The molecule has 0 saturated carbocycles. The largest absolute Gasteiger partial charge is 0.436 e. The van der Waals surface area contributed by atoms with Crippen LogP contribution in [0.1, 0.15) is 11.3 Å². The molecule has 3 aromatic rings. The van der Waals surface area contributed by atoms with Crippen molar-refractivity contribution in [2.75, 3.05) is 0 Å². The Morgan fingerprint density at radius 2 is 2.11 bits per heavy atom. The van der Waals surface area contributed by atoms with Crippen LogP contribution in [0, 0.1) is 6.92 Å². The first-order valence-electron chi connectivity index (χ1n) is 5.79. The molecule has 0 aliphatic carbocycles. The Morgan fingerprint density at radius 3 is 2.94 bits per heavy atom. The topological polar surface area (TPSA) is 64.9 Å². The van der Waals surface area contributed by atoms with E-state index in [1.165, 1.54) is 5.56 Å². The van der Waals surface area contributed by atoms with Gasteiger partial charge < -0.3 is 10.2 Å². The van der Waals surface area contributed by atoms with Crippen molar-refractivity contribution in [1.82, 2.24) is 9.97 Å². The summed E-state index contributed by atoms with van der Waals surface area (Å²) < 4.78 is 5.73. The second-order valence-electron chi connectivity index (χ2n) is 4.23. The van der Waals surface area contributed by atoms with Crippen molar-refractivity contribution >= 4 is 11.1 Å². The van der Waals surface area contributed by atoms with Gasteiger partial charge in [-0.3, -0.25) is 4.98 Å². The molecule has 2 N–H and O–H groups in total. The third kappa shape index (κ3) is 1.87. The van der Waals surface area contributed by atoms with Gasteiger partial charge in [0.25, 0.3) is 0 Å². The Hall–Kier alpha value is -2.20. The lowest BCUT2D eigenvalue weighted by molar-refractivity contribution is 0.619. The molecule has 0 bridgehead atoms. The monoisotopic (exact) mass is 239 g/mol. The number of hydrogen-bond acceptors (Lipinski definition) is 4. The van der Waals surface area contributed by atoms with Crippen molar-refractivity contribution < 1.29 is 4.42 Å². The Morgan fingerprint density at radius 1 is 1.22 bits per heavy atom. The summed E-state index contributed by atoms with van der Waals surface area (Å²) >= 11 is 0. The maximum absolute atomic E-state index is 5.73. The van der Waals surface area contributed by atoms with Crippen molar-refractivity contribution in [1.29, 1.82) is 0 Å². The first-order valence-corrected chi connectivity index (χ1v) is 5.79. The highest BCUT2D eigenvalue weighted by Crippen LogP contribution is 2.24. The van der Waals surface area contributed by atoms with E-state index in [1.54, 1.807) is 6.20 Å². The highest BCUT2D eigenvalue weighted by atomic mass is 16.3. The van der Waals surface area contributed by atoms with Gasteiger partial charge in [0, 0.05) is 18.3 Å². The normalized spacial score (nSPS) is 11.0. The smallest absolute Gasteiger partial charge is 0.227 e. The van der Waals surface area contributed by atoms with E-state index in [9.17, 15) is 0 Å². The van der Waals surface area contributed by atoms with E-state index >= 15 is 0 Å². The van der Waals surface area contributed by atoms with Crippen LogP contribution in [0.4, 0.5) is 0 Å². The minimum atomic E-state index is 0.410. The Bertz CT molecular complexity index is 703. The average molecular weight is 239 g/mol. The zero-order valence-corrected chi connectivity index (χ0v) is 10.1. The van der Waals surface area contributed by atoms with Gasteiger partial charge in [0.05, 0.1) is 5.69 Å². The molecule has 1 aromatic carbocycles. The third-order valence-corrected chi connectivity index (χ3v) is 2.82. The second-order valence-corrected chi connectivity index (χ2v) is 4.23. The van der Waals surface area contributed by atoms with Gasteiger partial charge in [-0.25, -0.2) is 4.98 Å². The van der Waals surface area contributed by atoms with Gasteiger partial charge in [0.1, 0.15) is 5.52 Å². The number of aryl methyl sites for hydroxylation is 1. The number of nitrogens with two attached hydrogens (primary N) is 1. The average Bonchev–Trinajstić information content (AvgIpc) is 2.81. The molecule has 0 unspecified atom stereocenters. The first kappa shape index (κ1) is 10.9. The Kier molecular flexibility index (Phi) is 2.57. The summed E-state index contributed by atoms with van der Waals surface area (Å²) in [6.45, 7) is 2.44. The van der Waals surface area contributed by atoms with E-state index < -0.39 is 0 Å². The maximum atomic E-state index is 5.73. The van der Waals surface area contributed by atoms with Crippen LogP contribution in [-0.4, -0.2) is 9.97 Å². The molecule has 2 heterocycles. The van der Waals surface area contributed by atoms with Gasteiger partial charge in [-0.2, -0.15) is 0 Å². The number of rotatable bonds is 2. The molecule has 0 amide bonds. The summed E-state index contributed by atoms with van der Waals surface area (Å²) in [6, 6.07) is 9.73. The highest BCUT2D eigenvalue weighted by molar-refractivity contribution is 5.76. The van der Waals surface area contributed by atoms with Crippen LogP contribution in [0.3, 0.4) is 0 Å². The SMILES string of the molecule is Cc1ccc2oc(-c3ccnc(CN)c3)nc2c1. The van der Waals surface area contributed by atoms with E-state index in [4.69, 9.17) is 10.2 Å². The third-order valence-electron chi connectivity index (χ3n) is 2.82. The number of oxazole rings is 1. The highest BCUT2D eigenvalue weighted by Gasteiger charge is 2.08. The fraction of sp³-hybridized carbons (Fsp3) is 0.143. The molecule has 3 rings (SSSR count). The Labute approximate surface area is 104 Å². The van der Waals surface area contributed by atoms with Crippen molar-refractivity contribution in [3.8, 4) is 11.5 Å². The zero-order chi connectivity index (χ0) is 12.5. The fourth-order valence-electron chi connectivity index (χ4n) is 1.88. The summed E-state index contributed by atoms with van der Waals surface area (Å²) in [5.74, 6) is 0.604. The standard InChI is InChI=1S/C14H13N3O/c1-9-2-3-13-12(6-9)17-14(18-13)10-4-5-16-11(7-10)8-15/h2-7H,8,15H2,1H3. The van der Waals surface area contributed by atoms with Gasteiger partial charge in [-0.05, 0) is 36.8 Å². The molecule has 0 radical (unpaired) electrons. The maximum Gasteiger partial charge on any atom is 0.227 e. The molecule has 0 atom stereocenters. The van der Waals surface area contributed by atoms with E-state index in [2.05, 4.69) is 9.97 Å². The van der Waals surface area contributed by atoms with E-state index in [-0.39, 0.29) is 0 Å². The van der Waals surface area contributed by atoms with Crippen LogP contribution in [0.25, 0.3) is 22.6 Å². The minimum absolute atomic E-state index is 0.410. The predicted octanol–water partition coefficient (Wildman–Crippen LogP) is 2.66. The molecule has 18 heavy (non-hydrogen) atoms. The number of aromatic nitrogens is 2. The molecular formula is C14H13N3O. The lowest BCUT2D eigenvalue weighted by Gasteiger charge is -1.97. The van der Waals surface area contributed by atoms with Crippen molar-refractivity contribution in [2.24, 2.45) is 5.73 Å². The molecule has 0 aliphatic rings. The number of fused-ring (bicyclic) bond motifs is 1. The lowest BCUT2D eigenvalue weighted by Crippen LogP contribution is -1.98. The van der Waals surface area contributed by atoms with Crippen LogP contribution < -0.4 is 5.73 Å². The number of benzene rings is 1.